The first-order chi connectivity index (χ1) is 11.7. The van der Waals surface area contributed by atoms with Crippen LogP contribution in [0, 0.1) is 0 Å². The van der Waals surface area contributed by atoms with Crippen molar-refractivity contribution < 1.29 is 19.4 Å². The van der Waals surface area contributed by atoms with Crippen molar-refractivity contribution in [3.05, 3.63) is 28.4 Å². The average molecular weight is 410 g/mol. The van der Waals surface area contributed by atoms with Gasteiger partial charge in [-0.25, -0.2) is 9.59 Å². The fourth-order valence-corrected chi connectivity index (χ4v) is 3.34. The van der Waals surface area contributed by atoms with E-state index in [1.165, 1.54) is 0 Å². The van der Waals surface area contributed by atoms with Gasteiger partial charge in [-0.2, -0.15) is 5.10 Å². The molecular weight excluding hydrogens is 390 g/mol. The minimum atomic E-state index is -1.07. The van der Waals surface area contributed by atoms with Crippen molar-refractivity contribution in [2.45, 2.75) is 38.8 Å². The molecule has 2 heterocycles. The highest BCUT2D eigenvalue weighted by Gasteiger charge is 2.32. The lowest BCUT2D eigenvalue weighted by Gasteiger charge is -2.24. The van der Waals surface area contributed by atoms with Gasteiger partial charge in [0.05, 0.1) is 11.6 Å². The summed E-state index contributed by atoms with van der Waals surface area (Å²) in [7, 11) is 0. The minimum Gasteiger partial charge on any atom is -0.476 e. The molecule has 0 spiro atoms. The van der Waals surface area contributed by atoms with Gasteiger partial charge < -0.3 is 14.7 Å². The van der Waals surface area contributed by atoms with E-state index in [0.29, 0.717) is 24.9 Å². The Kier molecular flexibility index (Phi) is 4.49. The predicted molar refractivity (Wildman–Crippen MR) is 95.9 cm³/mol. The summed E-state index contributed by atoms with van der Waals surface area (Å²) in [6.45, 7) is 6.49. The molecule has 1 saturated heterocycles. The third-order valence-corrected chi connectivity index (χ3v) is 4.53. The van der Waals surface area contributed by atoms with Crippen LogP contribution < -0.4 is 0 Å². The lowest BCUT2D eigenvalue weighted by Crippen LogP contribution is -2.35. The largest absolute Gasteiger partial charge is 0.476 e. The fourth-order valence-electron chi connectivity index (χ4n) is 2.98. The molecule has 2 aromatic rings. The van der Waals surface area contributed by atoms with E-state index >= 15 is 0 Å². The summed E-state index contributed by atoms with van der Waals surface area (Å²) in [6, 6.07) is 5.37. The second-order valence-electron chi connectivity index (χ2n) is 7.13. The molecule has 7 nitrogen and oxygen atoms in total. The van der Waals surface area contributed by atoms with E-state index < -0.39 is 11.6 Å². The molecule has 8 heteroatoms. The Morgan fingerprint density at radius 3 is 2.72 bits per heavy atom. The van der Waals surface area contributed by atoms with Crippen molar-refractivity contribution in [2.75, 3.05) is 13.1 Å². The Hall–Kier alpha value is -2.09. The molecule has 3 rings (SSSR count). The molecule has 1 atom stereocenters. The second kappa shape index (κ2) is 6.33. The number of hydrogen-bond acceptors (Lipinski definition) is 4. The first kappa shape index (κ1) is 17.7. The number of ether oxygens (including phenoxy) is 1. The minimum absolute atomic E-state index is 0.0204. The number of halogens is 1. The molecule has 0 radical (unpaired) electrons. The number of amides is 1. The number of likely N-dealkylation sites (tertiary alicyclic amines) is 1. The van der Waals surface area contributed by atoms with Crippen LogP contribution in [-0.2, 0) is 4.74 Å². The molecule has 1 unspecified atom stereocenters. The SMILES string of the molecule is CC(C)(C)OC(=O)N1CCC(n2nc(C(=O)O)c3cc(Br)ccc32)C1. The zero-order chi connectivity index (χ0) is 18.4. The highest BCUT2D eigenvalue weighted by atomic mass is 79.9. The zero-order valence-electron chi connectivity index (χ0n) is 14.3. The molecule has 1 fully saturated rings. The van der Waals surface area contributed by atoms with Gasteiger partial charge in [-0.05, 0) is 45.4 Å². The molecule has 1 aliphatic heterocycles. The number of carboxylic acids is 1. The Balaban J connectivity index is 1.88. The number of hydrogen-bond donors (Lipinski definition) is 1. The number of aromatic carboxylic acids is 1. The number of carboxylic acid groups (broad SMARTS) is 1. The molecule has 25 heavy (non-hydrogen) atoms. The van der Waals surface area contributed by atoms with Gasteiger partial charge in [0.1, 0.15) is 5.60 Å². The smallest absolute Gasteiger partial charge is 0.410 e. The van der Waals surface area contributed by atoms with Crippen LogP contribution in [0.5, 0.6) is 0 Å². The van der Waals surface area contributed by atoms with Crippen LogP contribution in [0.1, 0.15) is 43.7 Å². The Morgan fingerprint density at radius 1 is 1.36 bits per heavy atom. The molecule has 1 aromatic heterocycles. The Morgan fingerprint density at radius 2 is 2.08 bits per heavy atom. The van der Waals surface area contributed by atoms with Crippen molar-refractivity contribution >= 4 is 38.9 Å². The molecule has 1 aliphatic rings. The maximum atomic E-state index is 12.2. The quantitative estimate of drug-likeness (QED) is 0.817. The number of aromatic nitrogens is 2. The van der Waals surface area contributed by atoms with Crippen molar-refractivity contribution in [3.63, 3.8) is 0 Å². The van der Waals surface area contributed by atoms with Crippen LogP contribution in [0.25, 0.3) is 10.9 Å². The number of benzene rings is 1. The highest BCUT2D eigenvalue weighted by Crippen LogP contribution is 2.30. The number of rotatable bonds is 2. The monoisotopic (exact) mass is 409 g/mol. The number of fused-ring (bicyclic) bond motifs is 1. The molecule has 1 amide bonds. The topological polar surface area (TPSA) is 84.7 Å². The summed E-state index contributed by atoms with van der Waals surface area (Å²) in [6.07, 6.45) is 0.346. The van der Waals surface area contributed by atoms with Crippen LogP contribution in [0.2, 0.25) is 0 Å². The van der Waals surface area contributed by atoms with E-state index in [1.807, 2.05) is 32.9 Å². The van der Waals surface area contributed by atoms with E-state index in [-0.39, 0.29) is 17.8 Å². The first-order valence-corrected chi connectivity index (χ1v) is 8.84. The molecule has 0 saturated carbocycles. The van der Waals surface area contributed by atoms with Gasteiger partial charge in [0.15, 0.2) is 5.69 Å². The maximum Gasteiger partial charge on any atom is 0.410 e. The number of carbonyl (C=O) groups excluding carboxylic acids is 1. The summed E-state index contributed by atoms with van der Waals surface area (Å²) >= 11 is 3.37. The standard InChI is InChI=1S/C17H20BrN3O4/c1-17(2,3)25-16(24)20-7-6-11(9-20)21-13-5-4-10(18)8-12(13)14(19-21)15(22)23/h4-5,8,11H,6-7,9H2,1-3H3,(H,22,23). The normalized spacial score (nSPS) is 17.9. The van der Waals surface area contributed by atoms with Crippen molar-refractivity contribution in [1.29, 1.82) is 0 Å². The van der Waals surface area contributed by atoms with E-state index in [2.05, 4.69) is 21.0 Å². The highest BCUT2D eigenvalue weighted by molar-refractivity contribution is 9.10. The predicted octanol–water partition coefficient (Wildman–Crippen LogP) is 3.68. The lowest BCUT2D eigenvalue weighted by molar-refractivity contribution is 0.0288. The summed E-state index contributed by atoms with van der Waals surface area (Å²) in [5.41, 5.74) is 0.222. The number of carbonyl (C=O) groups is 2. The third-order valence-electron chi connectivity index (χ3n) is 4.03. The van der Waals surface area contributed by atoms with Crippen LogP contribution in [0.3, 0.4) is 0 Å². The van der Waals surface area contributed by atoms with E-state index in [4.69, 9.17) is 4.74 Å². The number of nitrogens with zero attached hydrogens (tertiary/aromatic N) is 3. The van der Waals surface area contributed by atoms with Crippen LogP contribution in [0.15, 0.2) is 22.7 Å². The third kappa shape index (κ3) is 3.63. The Bertz CT molecular complexity index is 840. The summed E-state index contributed by atoms with van der Waals surface area (Å²) in [5.74, 6) is -1.07. The average Bonchev–Trinajstić information content (AvgIpc) is 3.08. The summed E-state index contributed by atoms with van der Waals surface area (Å²) < 4.78 is 7.92. The van der Waals surface area contributed by atoms with Gasteiger partial charge >= 0.3 is 12.1 Å². The van der Waals surface area contributed by atoms with Gasteiger partial charge in [-0.1, -0.05) is 15.9 Å². The molecule has 134 valence electrons. The molecule has 0 aliphatic carbocycles. The van der Waals surface area contributed by atoms with Crippen LogP contribution >= 0.6 is 15.9 Å². The molecule has 1 aromatic carbocycles. The van der Waals surface area contributed by atoms with Gasteiger partial charge in [0.25, 0.3) is 0 Å². The maximum absolute atomic E-state index is 12.2. The second-order valence-corrected chi connectivity index (χ2v) is 8.04. The van der Waals surface area contributed by atoms with Crippen molar-refractivity contribution in [1.82, 2.24) is 14.7 Å². The van der Waals surface area contributed by atoms with Crippen molar-refractivity contribution in [2.24, 2.45) is 0 Å². The van der Waals surface area contributed by atoms with Crippen LogP contribution in [0.4, 0.5) is 4.79 Å². The molecule has 0 bridgehead atoms. The van der Waals surface area contributed by atoms with Crippen molar-refractivity contribution in [3.8, 4) is 0 Å². The zero-order valence-corrected chi connectivity index (χ0v) is 15.9. The van der Waals surface area contributed by atoms with Gasteiger partial charge in [0, 0.05) is 22.9 Å². The van der Waals surface area contributed by atoms with E-state index in [9.17, 15) is 14.7 Å². The summed E-state index contributed by atoms with van der Waals surface area (Å²) in [4.78, 5) is 25.4. The molecule has 1 N–H and O–H groups in total. The van der Waals surface area contributed by atoms with Gasteiger partial charge in [0.2, 0.25) is 0 Å². The Labute approximate surface area is 153 Å². The van der Waals surface area contributed by atoms with Gasteiger partial charge in [-0.15, -0.1) is 0 Å². The summed E-state index contributed by atoms with van der Waals surface area (Å²) in [5, 5.41) is 14.3. The van der Waals surface area contributed by atoms with Gasteiger partial charge in [-0.3, -0.25) is 4.68 Å². The van der Waals surface area contributed by atoms with E-state index in [1.54, 1.807) is 15.6 Å². The lowest BCUT2D eigenvalue weighted by atomic mass is 10.2. The fraction of sp³-hybridized carbons (Fsp3) is 0.471. The van der Waals surface area contributed by atoms with Crippen LogP contribution in [-0.4, -0.2) is 50.5 Å². The first-order valence-electron chi connectivity index (χ1n) is 8.05. The molecular formula is C17H20BrN3O4. The van der Waals surface area contributed by atoms with E-state index in [0.717, 1.165) is 9.99 Å².